The van der Waals surface area contributed by atoms with Crippen molar-refractivity contribution in [2.24, 2.45) is 0 Å². The fourth-order valence-electron chi connectivity index (χ4n) is 3.99. The number of nitrogens with zero attached hydrogens (tertiary/aromatic N) is 1. The zero-order valence-corrected chi connectivity index (χ0v) is 19.8. The molecule has 0 spiro atoms. The Morgan fingerprint density at radius 3 is 1.57 bits per heavy atom. The molecule has 172 valence electrons. The summed E-state index contributed by atoms with van der Waals surface area (Å²) in [5.74, 6) is -0.347. The lowest BCUT2D eigenvalue weighted by molar-refractivity contribution is 0.0748. The number of carbonyl (C=O) groups excluding carboxylic acids is 1. The van der Waals surface area contributed by atoms with Crippen molar-refractivity contribution in [2.75, 3.05) is 13.1 Å². The van der Waals surface area contributed by atoms with Crippen LogP contribution in [-0.2, 0) is 0 Å². The van der Waals surface area contributed by atoms with E-state index in [-0.39, 0.29) is 11.7 Å². The van der Waals surface area contributed by atoms with Crippen molar-refractivity contribution >= 4 is 5.91 Å². The number of halogens is 1. The maximum Gasteiger partial charge on any atom is 0.253 e. The van der Waals surface area contributed by atoms with Gasteiger partial charge in [-0.1, -0.05) is 110 Å². The molecular formula is C27H46FNO. The topological polar surface area (TPSA) is 20.3 Å². The van der Waals surface area contributed by atoms with Gasteiger partial charge in [-0.05, 0) is 31.0 Å². The number of amides is 1. The van der Waals surface area contributed by atoms with Crippen LogP contribution in [0, 0.1) is 5.82 Å². The molecule has 0 saturated carbocycles. The monoisotopic (exact) mass is 419 g/mol. The molecule has 0 N–H and O–H groups in total. The minimum atomic E-state index is -0.333. The molecule has 1 aromatic carbocycles. The van der Waals surface area contributed by atoms with E-state index in [1.54, 1.807) is 12.1 Å². The maximum atomic E-state index is 13.6. The lowest BCUT2D eigenvalue weighted by Gasteiger charge is -2.23. The summed E-state index contributed by atoms with van der Waals surface area (Å²) >= 11 is 0. The first-order valence-corrected chi connectivity index (χ1v) is 12.7. The summed E-state index contributed by atoms with van der Waals surface area (Å²) in [7, 11) is 0. The van der Waals surface area contributed by atoms with Gasteiger partial charge in [0, 0.05) is 18.7 Å². The second kappa shape index (κ2) is 18.4. The van der Waals surface area contributed by atoms with Crippen molar-refractivity contribution in [2.45, 2.75) is 117 Å². The van der Waals surface area contributed by atoms with Gasteiger partial charge in [-0.3, -0.25) is 4.79 Å². The molecule has 0 unspecified atom stereocenters. The molecule has 0 radical (unpaired) electrons. The number of benzene rings is 1. The van der Waals surface area contributed by atoms with Crippen LogP contribution in [0.15, 0.2) is 24.3 Å². The standard InChI is InChI=1S/C27H46FNO/c1-3-5-7-9-11-13-15-17-22-29(23-18-16-14-12-10-8-6-4-2)27(30)25-20-19-21-26(28)24-25/h19-21,24H,3-18,22-23H2,1-2H3. The lowest BCUT2D eigenvalue weighted by atomic mass is 10.1. The van der Waals surface area contributed by atoms with Crippen molar-refractivity contribution < 1.29 is 9.18 Å². The second-order valence-electron chi connectivity index (χ2n) is 8.75. The smallest absolute Gasteiger partial charge is 0.253 e. The van der Waals surface area contributed by atoms with Gasteiger partial charge in [-0.2, -0.15) is 0 Å². The first-order valence-electron chi connectivity index (χ1n) is 12.7. The van der Waals surface area contributed by atoms with Crippen LogP contribution in [0.5, 0.6) is 0 Å². The Morgan fingerprint density at radius 1 is 0.700 bits per heavy atom. The normalized spacial score (nSPS) is 11.0. The van der Waals surface area contributed by atoms with E-state index >= 15 is 0 Å². The highest BCUT2D eigenvalue weighted by molar-refractivity contribution is 5.94. The average molecular weight is 420 g/mol. The number of carbonyl (C=O) groups is 1. The van der Waals surface area contributed by atoms with E-state index in [0.29, 0.717) is 5.56 Å². The van der Waals surface area contributed by atoms with Gasteiger partial charge in [0.1, 0.15) is 5.82 Å². The molecular weight excluding hydrogens is 373 g/mol. The van der Waals surface area contributed by atoms with Crippen molar-refractivity contribution in [1.29, 1.82) is 0 Å². The molecule has 0 bridgehead atoms. The SMILES string of the molecule is CCCCCCCCCCN(CCCCCCCCCC)C(=O)c1cccc(F)c1. The molecule has 1 aromatic rings. The summed E-state index contributed by atoms with van der Waals surface area (Å²) in [6, 6.07) is 6.14. The highest BCUT2D eigenvalue weighted by Gasteiger charge is 2.15. The Morgan fingerprint density at radius 2 is 1.13 bits per heavy atom. The van der Waals surface area contributed by atoms with Crippen molar-refractivity contribution in [3.8, 4) is 0 Å². The van der Waals surface area contributed by atoms with Crippen LogP contribution < -0.4 is 0 Å². The van der Waals surface area contributed by atoms with E-state index in [4.69, 9.17) is 0 Å². The predicted molar refractivity (Wildman–Crippen MR) is 128 cm³/mol. The van der Waals surface area contributed by atoms with Gasteiger partial charge in [0.15, 0.2) is 0 Å². The molecule has 30 heavy (non-hydrogen) atoms. The van der Waals surface area contributed by atoms with Crippen LogP contribution in [0.1, 0.15) is 127 Å². The zero-order chi connectivity index (χ0) is 21.9. The summed E-state index contributed by atoms with van der Waals surface area (Å²) in [5, 5.41) is 0. The van der Waals surface area contributed by atoms with E-state index in [0.717, 1.165) is 25.9 Å². The molecule has 3 heteroatoms. The molecule has 0 saturated heterocycles. The first-order chi connectivity index (χ1) is 14.7. The average Bonchev–Trinajstić information content (AvgIpc) is 2.75. The zero-order valence-electron chi connectivity index (χ0n) is 19.8. The molecule has 0 aliphatic rings. The Kier molecular flexibility index (Phi) is 16.3. The Balaban J connectivity index is 2.37. The van der Waals surface area contributed by atoms with E-state index in [1.165, 1.54) is 102 Å². The molecule has 0 aromatic heterocycles. The van der Waals surface area contributed by atoms with Crippen LogP contribution in [0.2, 0.25) is 0 Å². The quantitative estimate of drug-likeness (QED) is 0.206. The van der Waals surface area contributed by atoms with Crippen molar-refractivity contribution in [1.82, 2.24) is 4.90 Å². The molecule has 1 rings (SSSR count). The fourth-order valence-corrected chi connectivity index (χ4v) is 3.99. The van der Waals surface area contributed by atoms with Crippen LogP contribution in [-0.4, -0.2) is 23.9 Å². The minimum absolute atomic E-state index is 0.0135. The van der Waals surface area contributed by atoms with E-state index in [1.807, 2.05) is 4.90 Å². The third-order valence-corrected chi connectivity index (χ3v) is 5.92. The van der Waals surface area contributed by atoms with Crippen LogP contribution >= 0.6 is 0 Å². The molecule has 1 amide bonds. The molecule has 0 heterocycles. The van der Waals surface area contributed by atoms with Gasteiger partial charge < -0.3 is 4.90 Å². The van der Waals surface area contributed by atoms with E-state index in [9.17, 15) is 9.18 Å². The summed E-state index contributed by atoms with van der Waals surface area (Å²) in [6.07, 6.45) is 20.2. The van der Waals surface area contributed by atoms with Gasteiger partial charge in [0.25, 0.3) is 5.91 Å². The summed E-state index contributed by atoms with van der Waals surface area (Å²) < 4.78 is 13.6. The fraction of sp³-hybridized carbons (Fsp3) is 0.741. The Labute approximate surface area is 185 Å². The van der Waals surface area contributed by atoms with Gasteiger partial charge in [0.05, 0.1) is 0 Å². The first kappa shape index (κ1) is 26.7. The molecule has 0 aliphatic heterocycles. The third-order valence-electron chi connectivity index (χ3n) is 5.92. The summed E-state index contributed by atoms with van der Waals surface area (Å²) in [6.45, 7) is 6.08. The number of hydrogen-bond donors (Lipinski definition) is 0. The summed E-state index contributed by atoms with van der Waals surface area (Å²) in [4.78, 5) is 14.9. The van der Waals surface area contributed by atoms with Crippen LogP contribution in [0.25, 0.3) is 0 Å². The van der Waals surface area contributed by atoms with Gasteiger partial charge in [-0.15, -0.1) is 0 Å². The third kappa shape index (κ3) is 13.0. The Bertz CT molecular complexity index is 525. The number of rotatable bonds is 19. The van der Waals surface area contributed by atoms with Crippen molar-refractivity contribution in [3.05, 3.63) is 35.6 Å². The molecule has 2 nitrogen and oxygen atoms in total. The minimum Gasteiger partial charge on any atom is -0.339 e. The largest absolute Gasteiger partial charge is 0.339 e. The number of hydrogen-bond acceptors (Lipinski definition) is 1. The summed E-state index contributed by atoms with van der Waals surface area (Å²) in [5.41, 5.74) is 0.481. The van der Waals surface area contributed by atoms with Crippen LogP contribution in [0.3, 0.4) is 0 Å². The van der Waals surface area contributed by atoms with E-state index < -0.39 is 0 Å². The second-order valence-corrected chi connectivity index (χ2v) is 8.75. The van der Waals surface area contributed by atoms with Crippen LogP contribution in [0.4, 0.5) is 4.39 Å². The van der Waals surface area contributed by atoms with Gasteiger partial charge >= 0.3 is 0 Å². The highest BCUT2D eigenvalue weighted by Crippen LogP contribution is 2.14. The highest BCUT2D eigenvalue weighted by atomic mass is 19.1. The van der Waals surface area contributed by atoms with Gasteiger partial charge in [0.2, 0.25) is 0 Å². The predicted octanol–water partition coefficient (Wildman–Crippen LogP) is 8.55. The lowest BCUT2D eigenvalue weighted by Crippen LogP contribution is -2.33. The molecule has 0 fully saturated rings. The van der Waals surface area contributed by atoms with Crippen molar-refractivity contribution in [3.63, 3.8) is 0 Å². The number of unbranched alkanes of at least 4 members (excludes halogenated alkanes) is 14. The molecule has 0 aliphatic carbocycles. The Hall–Kier alpha value is -1.38. The van der Waals surface area contributed by atoms with Gasteiger partial charge in [-0.25, -0.2) is 4.39 Å². The maximum absolute atomic E-state index is 13.6. The molecule has 0 atom stereocenters. The van der Waals surface area contributed by atoms with E-state index in [2.05, 4.69) is 13.8 Å².